The highest BCUT2D eigenvalue weighted by Gasteiger charge is 2.25. The summed E-state index contributed by atoms with van der Waals surface area (Å²) in [5.74, 6) is -0.837. The predicted octanol–water partition coefficient (Wildman–Crippen LogP) is 1.07. The van der Waals surface area contributed by atoms with Crippen LogP contribution in [0.25, 0.3) is 0 Å². The lowest BCUT2D eigenvalue weighted by Gasteiger charge is -2.12. The van der Waals surface area contributed by atoms with Crippen molar-refractivity contribution in [2.75, 3.05) is 0 Å². The molecule has 6 heteroatoms. The Morgan fingerprint density at radius 1 is 1.55 bits per heavy atom. The van der Waals surface area contributed by atoms with Gasteiger partial charge in [-0.1, -0.05) is 0 Å². The smallest absolute Gasteiger partial charge is 0.371 e. The van der Waals surface area contributed by atoms with Gasteiger partial charge in [0.25, 0.3) is 0 Å². The fourth-order valence-corrected chi connectivity index (χ4v) is 1.35. The maximum atomic E-state index is 10.7. The topological polar surface area (TPSA) is 72.8 Å². The monoisotopic (exact) mass is 182 g/mol. The summed E-state index contributed by atoms with van der Waals surface area (Å²) in [6.07, 6.45) is -0.454. The molecule has 0 aliphatic heterocycles. The van der Waals surface area contributed by atoms with Crippen LogP contribution in [0.15, 0.2) is 0 Å². The van der Waals surface area contributed by atoms with Crippen molar-refractivity contribution < 1.29 is 23.3 Å². The van der Waals surface area contributed by atoms with Crippen LogP contribution in [0.3, 0.4) is 0 Å². The number of carbonyl (C=O) groups is 1. The molecule has 0 bridgehead atoms. The molecule has 11 heavy (non-hydrogen) atoms. The third-order valence-electron chi connectivity index (χ3n) is 0.588. The zero-order chi connectivity index (χ0) is 9.07. The molecular formula is C5H11O5P. The Kier molecular flexibility index (Phi) is 3.72. The summed E-state index contributed by atoms with van der Waals surface area (Å²) in [6.45, 7) is 4.16. The molecule has 0 spiro atoms. The van der Waals surface area contributed by atoms with Crippen molar-refractivity contribution in [1.82, 2.24) is 0 Å². The second-order valence-electron chi connectivity index (χ2n) is 2.21. The van der Waals surface area contributed by atoms with Crippen molar-refractivity contribution in [3.63, 3.8) is 0 Å². The van der Waals surface area contributed by atoms with E-state index in [1.165, 1.54) is 0 Å². The van der Waals surface area contributed by atoms with Gasteiger partial charge in [-0.15, -0.1) is 0 Å². The van der Waals surface area contributed by atoms with E-state index in [2.05, 4.69) is 9.05 Å². The van der Waals surface area contributed by atoms with Crippen LogP contribution in [0, 0.1) is 0 Å². The van der Waals surface area contributed by atoms with Crippen LogP contribution in [0.5, 0.6) is 0 Å². The summed E-state index contributed by atoms with van der Waals surface area (Å²) in [7, 11) is -4.15. The summed E-state index contributed by atoms with van der Waals surface area (Å²) >= 11 is 0. The van der Waals surface area contributed by atoms with E-state index in [4.69, 9.17) is 4.89 Å². The summed E-state index contributed by atoms with van der Waals surface area (Å²) < 4.78 is 19.1. The van der Waals surface area contributed by atoms with Gasteiger partial charge in [0.2, 0.25) is 0 Å². The van der Waals surface area contributed by atoms with Crippen LogP contribution < -0.4 is 0 Å². The molecular weight excluding hydrogens is 171 g/mol. The SMILES string of the molecule is CC(=O)OP(=O)(O)OC(C)C. The molecule has 5 nitrogen and oxygen atoms in total. The molecule has 0 saturated heterocycles. The normalized spacial score (nSPS) is 16.1. The Labute approximate surface area is 64.9 Å². The second-order valence-corrected chi connectivity index (χ2v) is 3.54. The van der Waals surface area contributed by atoms with Crippen molar-refractivity contribution in [2.24, 2.45) is 0 Å². The molecule has 0 amide bonds. The molecule has 0 rings (SSSR count). The van der Waals surface area contributed by atoms with Gasteiger partial charge in [-0.2, -0.15) is 0 Å². The second kappa shape index (κ2) is 3.85. The van der Waals surface area contributed by atoms with Gasteiger partial charge < -0.3 is 4.52 Å². The molecule has 0 aliphatic rings. The van der Waals surface area contributed by atoms with E-state index < -0.39 is 19.9 Å². The quantitative estimate of drug-likeness (QED) is 0.661. The van der Waals surface area contributed by atoms with Crippen LogP contribution in [-0.4, -0.2) is 17.0 Å². The number of phosphoric acid groups is 1. The highest BCUT2D eigenvalue weighted by Crippen LogP contribution is 2.44. The van der Waals surface area contributed by atoms with Crippen molar-refractivity contribution in [2.45, 2.75) is 26.9 Å². The molecule has 0 fully saturated rings. The van der Waals surface area contributed by atoms with Crippen LogP contribution in [0.1, 0.15) is 20.8 Å². The minimum absolute atomic E-state index is 0.454. The van der Waals surface area contributed by atoms with Crippen molar-refractivity contribution in [3.05, 3.63) is 0 Å². The number of rotatable bonds is 3. The van der Waals surface area contributed by atoms with Gasteiger partial charge in [0.1, 0.15) is 0 Å². The van der Waals surface area contributed by atoms with E-state index in [9.17, 15) is 9.36 Å². The van der Waals surface area contributed by atoms with E-state index >= 15 is 0 Å². The van der Waals surface area contributed by atoms with E-state index in [1.807, 2.05) is 0 Å². The van der Waals surface area contributed by atoms with E-state index in [-0.39, 0.29) is 0 Å². The van der Waals surface area contributed by atoms with Gasteiger partial charge in [-0.25, -0.2) is 4.57 Å². The molecule has 0 aliphatic carbocycles. The minimum atomic E-state index is -4.15. The fourth-order valence-electron chi connectivity index (χ4n) is 0.450. The first-order valence-corrected chi connectivity index (χ1v) is 4.54. The third-order valence-corrected chi connectivity index (χ3v) is 1.76. The van der Waals surface area contributed by atoms with Gasteiger partial charge in [0.15, 0.2) is 0 Å². The molecule has 1 unspecified atom stereocenters. The molecule has 0 radical (unpaired) electrons. The van der Waals surface area contributed by atoms with E-state index in [0.717, 1.165) is 6.92 Å². The van der Waals surface area contributed by atoms with Crippen molar-refractivity contribution in [3.8, 4) is 0 Å². The zero-order valence-corrected chi connectivity index (χ0v) is 7.50. The van der Waals surface area contributed by atoms with Crippen LogP contribution in [0.2, 0.25) is 0 Å². The molecule has 1 N–H and O–H groups in total. The van der Waals surface area contributed by atoms with Crippen LogP contribution in [0.4, 0.5) is 0 Å². The maximum Gasteiger partial charge on any atom is 0.529 e. The molecule has 0 saturated carbocycles. The molecule has 0 heterocycles. The largest absolute Gasteiger partial charge is 0.529 e. The first kappa shape index (κ1) is 10.6. The third kappa shape index (κ3) is 6.04. The van der Waals surface area contributed by atoms with E-state index in [0.29, 0.717) is 0 Å². The van der Waals surface area contributed by atoms with Crippen LogP contribution in [-0.2, 0) is 18.4 Å². The predicted molar refractivity (Wildman–Crippen MR) is 37.8 cm³/mol. The lowest BCUT2D eigenvalue weighted by molar-refractivity contribution is -0.133. The first-order valence-electron chi connectivity index (χ1n) is 3.05. The average Bonchev–Trinajstić information content (AvgIpc) is 1.53. The Bertz CT molecular complexity index is 187. The van der Waals surface area contributed by atoms with Crippen molar-refractivity contribution in [1.29, 1.82) is 0 Å². The maximum absolute atomic E-state index is 10.7. The molecule has 66 valence electrons. The van der Waals surface area contributed by atoms with Gasteiger partial charge in [0.05, 0.1) is 6.10 Å². The molecule has 1 atom stereocenters. The van der Waals surface area contributed by atoms with E-state index in [1.54, 1.807) is 13.8 Å². The summed E-state index contributed by atoms with van der Waals surface area (Å²) in [6, 6.07) is 0. The molecule has 0 aromatic heterocycles. The lowest BCUT2D eigenvalue weighted by atomic mass is 10.5. The standard InChI is InChI=1S/C5H11O5P/c1-4(2)9-11(7,8)10-5(3)6/h4H,1-3H3,(H,7,8). The number of carbonyl (C=O) groups excluding carboxylic acids is 1. The Morgan fingerprint density at radius 3 is 2.27 bits per heavy atom. The number of hydrogen-bond acceptors (Lipinski definition) is 4. The first-order chi connectivity index (χ1) is 4.83. The van der Waals surface area contributed by atoms with Crippen LogP contribution >= 0.6 is 7.82 Å². The van der Waals surface area contributed by atoms with Gasteiger partial charge >= 0.3 is 13.8 Å². The van der Waals surface area contributed by atoms with Gasteiger partial charge in [0, 0.05) is 6.92 Å². The highest BCUT2D eigenvalue weighted by molar-refractivity contribution is 7.48. The zero-order valence-electron chi connectivity index (χ0n) is 6.60. The summed E-state index contributed by atoms with van der Waals surface area (Å²) in [5.41, 5.74) is 0. The Balaban J connectivity index is 4.01. The highest BCUT2D eigenvalue weighted by atomic mass is 31.2. The number of hydrogen-bond donors (Lipinski definition) is 1. The fraction of sp³-hybridized carbons (Fsp3) is 0.800. The lowest BCUT2D eigenvalue weighted by Crippen LogP contribution is -2.05. The van der Waals surface area contributed by atoms with Gasteiger partial charge in [-0.3, -0.25) is 14.2 Å². The Hall–Kier alpha value is -0.380. The number of phosphoric ester groups is 1. The Morgan fingerprint density at radius 2 is 2.00 bits per heavy atom. The summed E-state index contributed by atoms with van der Waals surface area (Å²) in [4.78, 5) is 19.0. The molecule has 0 aromatic carbocycles. The molecule has 0 aromatic rings. The van der Waals surface area contributed by atoms with Crippen molar-refractivity contribution >= 4 is 13.8 Å². The summed E-state index contributed by atoms with van der Waals surface area (Å²) in [5, 5.41) is 0. The average molecular weight is 182 g/mol. The minimum Gasteiger partial charge on any atom is -0.371 e. The van der Waals surface area contributed by atoms with Gasteiger partial charge in [-0.05, 0) is 13.8 Å².